The zero-order chi connectivity index (χ0) is 11.8. The number of pyridine rings is 1. The highest BCUT2D eigenvalue weighted by atomic mass is 16.2. The van der Waals surface area contributed by atoms with Crippen LogP contribution in [0.1, 0.15) is 32.4 Å². The van der Waals surface area contributed by atoms with E-state index in [1.807, 2.05) is 37.8 Å². The molecule has 86 valence electrons. The first kappa shape index (κ1) is 10.9. The van der Waals surface area contributed by atoms with E-state index < -0.39 is 0 Å². The molecule has 2 amide bonds. The summed E-state index contributed by atoms with van der Waals surface area (Å²) in [5, 5.41) is 2.97. The maximum Gasteiger partial charge on any atom is 0.318 e. The van der Waals surface area contributed by atoms with Gasteiger partial charge in [-0.2, -0.15) is 0 Å². The molecule has 1 aliphatic heterocycles. The van der Waals surface area contributed by atoms with Crippen LogP contribution >= 0.6 is 0 Å². The van der Waals surface area contributed by atoms with E-state index in [1.54, 1.807) is 12.4 Å². The fraction of sp³-hybridized carbons (Fsp3) is 0.500. The second-order valence-electron chi connectivity index (χ2n) is 5.07. The lowest BCUT2D eigenvalue weighted by Crippen LogP contribution is -2.43. The van der Waals surface area contributed by atoms with Gasteiger partial charge in [0, 0.05) is 24.5 Å². The third-order valence-electron chi connectivity index (χ3n) is 2.80. The summed E-state index contributed by atoms with van der Waals surface area (Å²) < 4.78 is 0. The van der Waals surface area contributed by atoms with Gasteiger partial charge in [0.25, 0.3) is 0 Å². The Kier molecular flexibility index (Phi) is 2.58. The molecule has 1 aliphatic rings. The Hall–Kier alpha value is -1.58. The fourth-order valence-electron chi connectivity index (χ4n) is 1.89. The van der Waals surface area contributed by atoms with Crippen LogP contribution in [-0.2, 0) is 0 Å². The minimum atomic E-state index is -0.138. The van der Waals surface area contributed by atoms with E-state index >= 15 is 0 Å². The molecule has 4 nitrogen and oxygen atoms in total. The van der Waals surface area contributed by atoms with Gasteiger partial charge in [-0.1, -0.05) is 6.07 Å². The van der Waals surface area contributed by atoms with Crippen molar-refractivity contribution in [3.05, 3.63) is 30.1 Å². The van der Waals surface area contributed by atoms with Crippen molar-refractivity contribution >= 4 is 6.03 Å². The van der Waals surface area contributed by atoms with Gasteiger partial charge in [0.2, 0.25) is 0 Å². The molecule has 2 rings (SSSR count). The summed E-state index contributed by atoms with van der Waals surface area (Å²) in [7, 11) is 0. The number of carbonyl (C=O) groups is 1. The quantitative estimate of drug-likeness (QED) is 0.784. The lowest BCUT2D eigenvalue weighted by molar-refractivity contribution is 0.169. The zero-order valence-corrected chi connectivity index (χ0v) is 9.90. The summed E-state index contributed by atoms with van der Waals surface area (Å²) in [6.07, 6.45) is 3.54. The maximum atomic E-state index is 11.8. The lowest BCUT2D eigenvalue weighted by atomic mass is 10.1. The number of carbonyl (C=O) groups excluding carboxylic acids is 1. The molecule has 1 aromatic heterocycles. The van der Waals surface area contributed by atoms with Gasteiger partial charge < -0.3 is 10.2 Å². The van der Waals surface area contributed by atoms with E-state index in [0.717, 1.165) is 5.56 Å². The van der Waals surface area contributed by atoms with E-state index in [4.69, 9.17) is 0 Å². The van der Waals surface area contributed by atoms with Crippen LogP contribution in [0.3, 0.4) is 0 Å². The van der Waals surface area contributed by atoms with Crippen molar-refractivity contribution in [2.75, 3.05) is 6.54 Å². The van der Waals surface area contributed by atoms with Gasteiger partial charge in [-0.05, 0) is 32.4 Å². The molecule has 1 fully saturated rings. The van der Waals surface area contributed by atoms with Crippen molar-refractivity contribution in [2.45, 2.75) is 32.4 Å². The topological polar surface area (TPSA) is 45.2 Å². The number of amides is 2. The lowest BCUT2D eigenvalue weighted by Gasteiger charge is -2.30. The van der Waals surface area contributed by atoms with E-state index in [1.165, 1.54) is 0 Å². The Morgan fingerprint density at radius 1 is 1.50 bits per heavy atom. The molecule has 4 heteroatoms. The van der Waals surface area contributed by atoms with Crippen LogP contribution in [0, 0.1) is 0 Å². The van der Waals surface area contributed by atoms with Crippen molar-refractivity contribution in [3.8, 4) is 0 Å². The highest BCUT2D eigenvalue weighted by Crippen LogP contribution is 2.25. The fourth-order valence-corrected chi connectivity index (χ4v) is 1.89. The van der Waals surface area contributed by atoms with Gasteiger partial charge >= 0.3 is 6.03 Å². The Morgan fingerprint density at radius 2 is 2.25 bits per heavy atom. The SMILES string of the molecule is CC(C)(C)N1CC(c2cccnc2)NC1=O. The number of aromatic nitrogens is 1. The van der Waals surface area contributed by atoms with Gasteiger partial charge in [-0.25, -0.2) is 4.79 Å². The van der Waals surface area contributed by atoms with Gasteiger partial charge in [-0.3, -0.25) is 4.98 Å². The van der Waals surface area contributed by atoms with Crippen molar-refractivity contribution < 1.29 is 4.79 Å². The first-order valence-corrected chi connectivity index (χ1v) is 5.46. The van der Waals surface area contributed by atoms with Crippen LogP contribution < -0.4 is 5.32 Å². The average Bonchev–Trinajstić information content (AvgIpc) is 2.61. The molecule has 0 bridgehead atoms. The normalized spacial score (nSPS) is 21.1. The Balaban J connectivity index is 2.16. The number of hydrogen-bond donors (Lipinski definition) is 1. The second-order valence-corrected chi connectivity index (χ2v) is 5.07. The molecule has 2 heterocycles. The summed E-state index contributed by atoms with van der Waals surface area (Å²) in [5.41, 5.74) is 0.920. The zero-order valence-electron chi connectivity index (χ0n) is 9.90. The van der Waals surface area contributed by atoms with E-state index in [2.05, 4.69) is 10.3 Å². The number of rotatable bonds is 1. The predicted octanol–water partition coefficient (Wildman–Crippen LogP) is 1.95. The van der Waals surface area contributed by atoms with Crippen LogP contribution in [-0.4, -0.2) is 28.0 Å². The molecule has 0 radical (unpaired) electrons. The maximum absolute atomic E-state index is 11.8. The molecule has 0 spiro atoms. The molecule has 16 heavy (non-hydrogen) atoms. The molecule has 1 aromatic rings. The second kappa shape index (κ2) is 3.77. The molecule has 1 N–H and O–H groups in total. The highest BCUT2D eigenvalue weighted by molar-refractivity contribution is 5.78. The summed E-state index contributed by atoms with van der Waals surface area (Å²) in [6, 6.07) is 3.94. The smallest absolute Gasteiger partial charge is 0.318 e. The molecule has 1 atom stereocenters. The first-order valence-electron chi connectivity index (χ1n) is 5.46. The highest BCUT2D eigenvalue weighted by Gasteiger charge is 2.36. The average molecular weight is 219 g/mol. The van der Waals surface area contributed by atoms with Crippen LogP contribution in [0.2, 0.25) is 0 Å². The molecule has 1 unspecified atom stereocenters. The minimum absolute atomic E-state index is 0.00125. The summed E-state index contributed by atoms with van der Waals surface area (Å²) in [6.45, 7) is 6.82. The largest absolute Gasteiger partial charge is 0.329 e. The number of urea groups is 1. The standard InChI is InChI=1S/C12H17N3O/c1-12(2,3)15-8-10(14-11(15)16)9-5-4-6-13-7-9/h4-7,10H,8H2,1-3H3,(H,14,16). The molecule has 0 aromatic carbocycles. The number of nitrogens with zero attached hydrogens (tertiary/aromatic N) is 2. The van der Waals surface area contributed by atoms with Crippen LogP contribution in [0.4, 0.5) is 4.79 Å². The van der Waals surface area contributed by atoms with Crippen molar-refractivity contribution in [1.29, 1.82) is 0 Å². The van der Waals surface area contributed by atoms with Gasteiger partial charge in [-0.15, -0.1) is 0 Å². The third-order valence-corrected chi connectivity index (χ3v) is 2.80. The Labute approximate surface area is 95.7 Å². The van der Waals surface area contributed by atoms with Crippen molar-refractivity contribution in [3.63, 3.8) is 0 Å². The van der Waals surface area contributed by atoms with E-state index in [9.17, 15) is 4.79 Å². The summed E-state index contributed by atoms with van der Waals surface area (Å²) in [4.78, 5) is 17.7. The Morgan fingerprint density at radius 3 is 2.75 bits per heavy atom. The monoisotopic (exact) mass is 219 g/mol. The van der Waals surface area contributed by atoms with Gasteiger partial charge in [0.05, 0.1) is 6.04 Å². The molecule has 0 aliphatic carbocycles. The molecule has 0 saturated carbocycles. The van der Waals surface area contributed by atoms with Gasteiger partial charge in [0.15, 0.2) is 0 Å². The third kappa shape index (κ3) is 2.01. The van der Waals surface area contributed by atoms with E-state index in [-0.39, 0.29) is 17.6 Å². The van der Waals surface area contributed by atoms with Gasteiger partial charge in [0.1, 0.15) is 0 Å². The number of hydrogen-bond acceptors (Lipinski definition) is 2. The predicted molar refractivity (Wildman–Crippen MR) is 62.0 cm³/mol. The van der Waals surface area contributed by atoms with Crippen molar-refractivity contribution in [1.82, 2.24) is 15.2 Å². The number of nitrogens with one attached hydrogen (secondary N) is 1. The Bertz CT molecular complexity index is 383. The van der Waals surface area contributed by atoms with E-state index in [0.29, 0.717) is 6.54 Å². The molecular formula is C12H17N3O. The minimum Gasteiger partial charge on any atom is -0.329 e. The summed E-state index contributed by atoms with van der Waals surface area (Å²) >= 11 is 0. The summed E-state index contributed by atoms with van der Waals surface area (Å²) in [5.74, 6) is 0. The van der Waals surface area contributed by atoms with Crippen LogP contribution in [0.15, 0.2) is 24.5 Å². The van der Waals surface area contributed by atoms with Crippen LogP contribution in [0.5, 0.6) is 0 Å². The molecular weight excluding hydrogens is 202 g/mol. The van der Waals surface area contributed by atoms with Crippen LogP contribution in [0.25, 0.3) is 0 Å². The first-order chi connectivity index (χ1) is 7.48. The van der Waals surface area contributed by atoms with Crippen molar-refractivity contribution in [2.24, 2.45) is 0 Å². The molecule has 1 saturated heterocycles.